The molecule has 0 saturated heterocycles. The van der Waals surface area contributed by atoms with Gasteiger partial charge in [-0.2, -0.15) is 0 Å². The zero-order valence-corrected chi connectivity index (χ0v) is 11.7. The molecule has 0 unspecified atom stereocenters. The van der Waals surface area contributed by atoms with Gasteiger partial charge in [0, 0.05) is 17.9 Å². The lowest BCUT2D eigenvalue weighted by Gasteiger charge is -2.04. The zero-order valence-electron chi connectivity index (χ0n) is 10.9. The average Bonchev–Trinajstić information content (AvgIpc) is 2.92. The van der Waals surface area contributed by atoms with Gasteiger partial charge in [0.15, 0.2) is 0 Å². The Balaban J connectivity index is 2.10. The van der Waals surface area contributed by atoms with E-state index in [1.807, 2.05) is 24.3 Å². The molecule has 1 aromatic heterocycles. The van der Waals surface area contributed by atoms with Gasteiger partial charge in [-0.3, -0.25) is 0 Å². The van der Waals surface area contributed by atoms with Crippen molar-refractivity contribution in [1.29, 1.82) is 0 Å². The van der Waals surface area contributed by atoms with E-state index in [1.54, 1.807) is 0 Å². The van der Waals surface area contributed by atoms with E-state index in [9.17, 15) is 0 Å². The van der Waals surface area contributed by atoms with Gasteiger partial charge >= 0.3 is 0 Å². The Hall–Kier alpha value is -1.55. The molecule has 0 aliphatic rings. The fourth-order valence-corrected chi connectivity index (χ4v) is 1.76. The van der Waals surface area contributed by atoms with E-state index in [1.165, 1.54) is 0 Å². The van der Waals surface area contributed by atoms with Crippen molar-refractivity contribution in [2.75, 3.05) is 12.5 Å². The third-order valence-corrected chi connectivity index (χ3v) is 2.81. The summed E-state index contributed by atoms with van der Waals surface area (Å²) in [5, 5.41) is 8.05. The van der Waals surface area contributed by atoms with Crippen LogP contribution < -0.4 is 4.74 Å². The molecule has 1 heterocycles. The molecule has 0 amide bonds. The third kappa shape index (κ3) is 3.96. The highest BCUT2D eigenvalue weighted by Crippen LogP contribution is 2.23. The minimum absolute atomic E-state index is 0.520. The second-order valence-corrected chi connectivity index (χ2v) is 4.55. The summed E-state index contributed by atoms with van der Waals surface area (Å²) < 4.78 is 11.2. The predicted molar refractivity (Wildman–Crippen MR) is 74.6 cm³/mol. The summed E-state index contributed by atoms with van der Waals surface area (Å²) in [6.45, 7) is 2.78. The van der Waals surface area contributed by atoms with Crippen LogP contribution in [0, 0.1) is 0 Å². The Kier molecular flexibility index (Phi) is 5.21. The smallest absolute Gasteiger partial charge is 0.247 e. The van der Waals surface area contributed by atoms with Crippen molar-refractivity contribution >= 4 is 11.6 Å². The first-order valence-corrected chi connectivity index (χ1v) is 6.98. The lowest BCUT2D eigenvalue weighted by atomic mass is 10.2. The number of benzene rings is 1. The standard InChI is InChI=1S/C14H17ClN2O2/c1-2-9-18-12-6-3-5-11(10-12)14-17-16-13(19-14)7-4-8-15/h3,5-6,10H,2,4,7-9H2,1H3. The molecule has 0 spiro atoms. The molecule has 0 saturated carbocycles. The van der Waals surface area contributed by atoms with Crippen LogP contribution in [0.1, 0.15) is 25.7 Å². The molecule has 19 heavy (non-hydrogen) atoms. The maximum absolute atomic E-state index is 5.64. The molecule has 0 bridgehead atoms. The van der Waals surface area contributed by atoms with Crippen LogP contribution in [-0.2, 0) is 6.42 Å². The maximum Gasteiger partial charge on any atom is 0.247 e. The largest absolute Gasteiger partial charge is 0.494 e. The fraction of sp³-hybridized carbons (Fsp3) is 0.429. The van der Waals surface area contributed by atoms with Crippen molar-refractivity contribution in [3.05, 3.63) is 30.2 Å². The van der Waals surface area contributed by atoms with Crippen LogP contribution in [-0.4, -0.2) is 22.7 Å². The fourth-order valence-electron chi connectivity index (χ4n) is 1.63. The second-order valence-electron chi connectivity index (χ2n) is 4.17. The Morgan fingerprint density at radius 1 is 1.32 bits per heavy atom. The zero-order chi connectivity index (χ0) is 13.5. The molecule has 0 radical (unpaired) electrons. The second kappa shape index (κ2) is 7.14. The first-order chi connectivity index (χ1) is 9.33. The molecule has 4 nitrogen and oxygen atoms in total. The SMILES string of the molecule is CCCOc1cccc(-c2nnc(CCCCl)o2)c1. The first-order valence-electron chi connectivity index (χ1n) is 6.45. The van der Waals surface area contributed by atoms with Gasteiger partial charge in [0.05, 0.1) is 6.61 Å². The van der Waals surface area contributed by atoms with Gasteiger partial charge in [-0.25, -0.2) is 0 Å². The lowest BCUT2D eigenvalue weighted by Crippen LogP contribution is -1.94. The van der Waals surface area contributed by atoms with Gasteiger partial charge in [-0.1, -0.05) is 13.0 Å². The van der Waals surface area contributed by atoms with Crippen molar-refractivity contribution < 1.29 is 9.15 Å². The predicted octanol–water partition coefficient (Wildman–Crippen LogP) is 3.70. The van der Waals surface area contributed by atoms with Crippen molar-refractivity contribution in [2.45, 2.75) is 26.2 Å². The van der Waals surface area contributed by atoms with Crippen LogP contribution in [0.4, 0.5) is 0 Å². The normalized spacial score (nSPS) is 10.6. The monoisotopic (exact) mass is 280 g/mol. The molecule has 1 aromatic carbocycles. The summed E-state index contributed by atoms with van der Waals surface area (Å²) >= 11 is 5.64. The number of ether oxygens (including phenoxy) is 1. The number of hydrogen-bond donors (Lipinski definition) is 0. The molecule has 5 heteroatoms. The van der Waals surface area contributed by atoms with Crippen LogP contribution in [0.15, 0.2) is 28.7 Å². The molecule has 2 rings (SSSR count). The van der Waals surface area contributed by atoms with E-state index in [0.29, 0.717) is 30.7 Å². The van der Waals surface area contributed by atoms with Crippen molar-refractivity contribution in [3.63, 3.8) is 0 Å². The molecular formula is C14H17ClN2O2. The number of aryl methyl sites for hydroxylation is 1. The number of halogens is 1. The minimum Gasteiger partial charge on any atom is -0.494 e. The number of hydrogen-bond acceptors (Lipinski definition) is 4. The van der Waals surface area contributed by atoms with Crippen LogP contribution in [0.25, 0.3) is 11.5 Å². The highest BCUT2D eigenvalue weighted by atomic mass is 35.5. The van der Waals surface area contributed by atoms with E-state index in [0.717, 1.165) is 24.2 Å². The Labute approximate surface area is 117 Å². The maximum atomic E-state index is 5.64. The Bertz CT molecular complexity index is 514. The highest BCUT2D eigenvalue weighted by molar-refractivity contribution is 6.17. The topological polar surface area (TPSA) is 48.2 Å². The van der Waals surface area contributed by atoms with Crippen LogP contribution in [0.3, 0.4) is 0 Å². The number of nitrogens with zero attached hydrogens (tertiary/aromatic N) is 2. The molecule has 0 aliphatic heterocycles. The lowest BCUT2D eigenvalue weighted by molar-refractivity contribution is 0.317. The van der Waals surface area contributed by atoms with E-state index >= 15 is 0 Å². The molecule has 0 atom stereocenters. The van der Waals surface area contributed by atoms with E-state index < -0.39 is 0 Å². The van der Waals surface area contributed by atoms with Crippen LogP contribution >= 0.6 is 11.6 Å². The van der Waals surface area contributed by atoms with Crippen molar-refractivity contribution in [3.8, 4) is 17.2 Å². The van der Waals surface area contributed by atoms with Gasteiger partial charge in [0.2, 0.25) is 11.8 Å². The first kappa shape index (κ1) is 13.9. The molecule has 0 aliphatic carbocycles. The highest BCUT2D eigenvalue weighted by Gasteiger charge is 2.09. The summed E-state index contributed by atoms with van der Waals surface area (Å²) in [6.07, 6.45) is 2.53. The summed E-state index contributed by atoms with van der Waals surface area (Å²) in [4.78, 5) is 0. The molecule has 2 aromatic rings. The van der Waals surface area contributed by atoms with Gasteiger partial charge < -0.3 is 9.15 Å². The Morgan fingerprint density at radius 2 is 2.21 bits per heavy atom. The third-order valence-electron chi connectivity index (χ3n) is 2.54. The summed E-state index contributed by atoms with van der Waals surface area (Å²) in [5.74, 6) is 2.56. The average molecular weight is 281 g/mol. The molecule has 102 valence electrons. The van der Waals surface area contributed by atoms with Gasteiger partial charge in [0.25, 0.3) is 0 Å². The summed E-state index contributed by atoms with van der Waals surface area (Å²) in [7, 11) is 0. The van der Waals surface area contributed by atoms with Gasteiger partial charge in [0.1, 0.15) is 5.75 Å². The van der Waals surface area contributed by atoms with Crippen LogP contribution in [0.2, 0.25) is 0 Å². The molecular weight excluding hydrogens is 264 g/mol. The van der Waals surface area contributed by atoms with Gasteiger partial charge in [-0.15, -0.1) is 21.8 Å². The number of rotatable bonds is 7. The molecule has 0 fully saturated rings. The van der Waals surface area contributed by atoms with Crippen LogP contribution in [0.5, 0.6) is 5.75 Å². The van der Waals surface area contributed by atoms with E-state index in [2.05, 4.69) is 17.1 Å². The number of alkyl halides is 1. The summed E-state index contributed by atoms with van der Waals surface area (Å²) in [5.41, 5.74) is 0.873. The minimum atomic E-state index is 0.520. The van der Waals surface area contributed by atoms with E-state index in [4.69, 9.17) is 20.8 Å². The Morgan fingerprint density at radius 3 is 3.00 bits per heavy atom. The summed E-state index contributed by atoms with van der Waals surface area (Å²) in [6, 6.07) is 7.68. The quantitative estimate of drug-likeness (QED) is 0.726. The number of aromatic nitrogens is 2. The van der Waals surface area contributed by atoms with Crippen molar-refractivity contribution in [2.24, 2.45) is 0 Å². The van der Waals surface area contributed by atoms with Gasteiger partial charge in [-0.05, 0) is 31.0 Å². The van der Waals surface area contributed by atoms with E-state index in [-0.39, 0.29) is 0 Å². The molecule has 0 N–H and O–H groups in total. The van der Waals surface area contributed by atoms with Crippen molar-refractivity contribution in [1.82, 2.24) is 10.2 Å².